The fourth-order valence-corrected chi connectivity index (χ4v) is 2.57. The zero-order valence-corrected chi connectivity index (χ0v) is 14.0. The first-order valence-corrected chi connectivity index (χ1v) is 7.89. The van der Waals surface area contributed by atoms with Crippen LogP contribution in [0.1, 0.15) is 25.7 Å². The Hall–Kier alpha value is -1.38. The topological polar surface area (TPSA) is 117 Å². The lowest BCUT2D eigenvalue weighted by Gasteiger charge is -2.31. The zero-order valence-electron chi connectivity index (χ0n) is 13.2. The highest BCUT2D eigenvalue weighted by Crippen LogP contribution is 2.18. The summed E-state index contributed by atoms with van der Waals surface area (Å²) in [6.45, 7) is 2.32. The molecule has 0 aromatic carbocycles. The number of carbonyl (C=O) groups is 3. The lowest BCUT2D eigenvalue weighted by Crippen LogP contribution is -2.49. The van der Waals surface area contributed by atoms with Crippen molar-refractivity contribution in [3.63, 3.8) is 0 Å². The van der Waals surface area contributed by atoms with Gasteiger partial charge in [0.25, 0.3) is 0 Å². The molecule has 1 unspecified atom stereocenters. The van der Waals surface area contributed by atoms with Crippen molar-refractivity contribution in [1.29, 1.82) is 0 Å². The Morgan fingerprint density at radius 2 is 1.91 bits per heavy atom. The molecule has 1 aliphatic carbocycles. The van der Waals surface area contributed by atoms with Crippen LogP contribution in [0.4, 0.5) is 4.79 Å². The summed E-state index contributed by atoms with van der Waals surface area (Å²) in [5, 5.41) is 7.82. The maximum atomic E-state index is 11.9. The summed E-state index contributed by atoms with van der Waals surface area (Å²) in [5.41, 5.74) is 5.37. The minimum Gasteiger partial charge on any atom is -0.355 e. The average Bonchev–Trinajstić information content (AvgIpc) is 3.28. The molecular weight excluding hydrogens is 322 g/mol. The molecule has 8 nitrogen and oxygen atoms in total. The van der Waals surface area contributed by atoms with E-state index in [9.17, 15) is 14.4 Å². The SMILES string of the molecule is Cl.NCCNC(=O)C1CCCN(CC(=O)NC(=O)NC2CC2)C1. The molecule has 0 radical (unpaired) electrons. The largest absolute Gasteiger partial charge is 0.355 e. The Kier molecular flexibility index (Phi) is 8.29. The molecule has 132 valence electrons. The third-order valence-corrected chi connectivity index (χ3v) is 3.85. The highest BCUT2D eigenvalue weighted by Gasteiger charge is 2.27. The van der Waals surface area contributed by atoms with E-state index in [0.29, 0.717) is 19.6 Å². The van der Waals surface area contributed by atoms with Crippen LogP contribution in [0.3, 0.4) is 0 Å². The van der Waals surface area contributed by atoms with Crippen LogP contribution >= 0.6 is 12.4 Å². The van der Waals surface area contributed by atoms with Crippen LogP contribution in [0.2, 0.25) is 0 Å². The number of imide groups is 1. The fourth-order valence-electron chi connectivity index (χ4n) is 2.57. The molecule has 2 rings (SSSR count). The summed E-state index contributed by atoms with van der Waals surface area (Å²) in [6.07, 6.45) is 3.64. The molecule has 1 heterocycles. The minimum absolute atomic E-state index is 0. The molecule has 2 aliphatic rings. The number of nitrogens with zero attached hydrogens (tertiary/aromatic N) is 1. The minimum atomic E-state index is -0.429. The van der Waals surface area contributed by atoms with Crippen molar-refractivity contribution in [2.45, 2.75) is 31.7 Å². The third kappa shape index (κ3) is 7.15. The van der Waals surface area contributed by atoms with Crippen LogP contribution < -0.4 is 21.7 Å². The highest BCUT2D eigenvalue weighted by molar-refractivity contribution is 5.95. The summed E-state index contributed by atoms with van der Waals surface area (Å²) in [7, 11) is 0. The molecule has 0 bridgehead atoms. The van der Waals surface area contributed by atoms with E-state index in [0.717, 1.165) is 32.2 Å². The molecule has 4 amide bonds. The van der Waals surface area contributed by atoms with Gasteiger partial charge in [0, 0.05) is 25.7 Å². The summed E-state index contributed by atoms with van der Waals surface area (Å²) in [6, 6.07) is -0.208. The predicted molar refractivity (Wildman–Crippen MR) is 88.2 cm³/mol. The Morgan fingerprint density at radius 1 is 1.17 bits per heavy atom. The van der Waals surface area contributed by atoms with Gasteiger partial charge in [-0.1, -0.05) is 0 Å². The number of urea groups is 1. The summed E-state index contributed by atoms with van der Waals surface area (Å²) in [5.74, 6) is -0.461. The van der Waals surface area contributed by atoms with Crippen molar-refractivity contribution < 1.29 is 14.4 Å². The van der Waals surface area contributed by atoms with Crippen LogP contribution in [0.5, 0.6) is 0 Å². The lowest BCUT2D eigenvalue weighted by molar-refractivity contribution is -0.128. The lowest BCUT2D eigenvalue weighted by atomic mass is 9.97. The van der Waals surface area contributed by atoms with E-state index in [1.54, 1.807) is 0 Å². The number of hydrogen-bond acceptors (Lipinski definition) is 5. The molecule has 5 N–H and O–H groups in total. The normalized spacial score (nSPS) is 21.0. The number of rotatable bonds is 6. The maximum Gasteiger partial charge on any atom is 0.321 e. The van der Waals surface area contributed by atoms with Crippen molar-refractivity contribution in [2.75, 3.05) is 32.7 Å². The molecule has 0 spiro atoms. The second-order valence-electron chi connectivity index (χ2n) is 5.95. The van der Waals surface area contributed by atoms with Gasteiger partial charge in [-0.05, 0) is 32.2 Å². The summed E-state index contributed by atoms with van der Waals surface area (Å²) in [4.78, 5) is 37.2. The maximum absolute atomic E-state index is 11.9. The van der Waals surface area contributed by atoms with Crippen LogP contribution in [0, 0.1) is 5.92 Å². The fraction of sp³-hybridized carbons (Fsp3) is 0.786. The molecule has 1 atom stereocenters. The van der Waals surface area contributed by atoms with Crippen molar-refractivity contribution in [3.05, 3.63) is 0 Å². The number of nitrogens with one attached hydrogen (secondary N) is 3. The van der Waals surface area contributed by atoms with E-state index in [-0.39, 0.29) is 42.7 Å². The molecule has 0 aromatic rings. The quantitative estimate of drug-likeness (QED) is 0.501. The van der Waals surface area contributed by atoms with Crippen molar-refractivity contribution >= 4 is 30.3 Å². The predicted octanol–water partition coefficient (Wildman–Crippen LogP) is -0.817. The van der Waals surface area contributed by atoms with Crippen LogP contribution in [0.25, 0.3) is 0 Å². The van der Waals surface area contributed by atoms with Gasteiger partial charge in [0.05, 0.1) is 12.5 Å². The van der Waals surface area contributed by atoms with Crippen LogP contribution in [-0.4, -0.2) is 61.5 Å². The molecule has 1 saturated heterocycles. The summed E-state index contributed by atoms with van der Waals surface area (Å²) >= 11 is 0. The monoisotopic (exact) mass is 347 g/mol. The standard InChI is InChI=1S/C14H25N5O3.ClH/c15-5-6-16-13(21)10-2-1-7-19(8-10)9-12(20)18-14(22)17-11-3-4-11;/h10-11H,1-9,15H2,(H,16,21)(H2,17,18,20,22);1H. The van der Waals surface area contributed by atoms with Gasteiger partial charge in [-0.2, -0.15) is 0 Å². The smallest absolute Gasteiger partial charge is 0.321 e. The number of nitrogens with two attached hydrogens (primary N) is 1. The van der Waals surface area contributed by atoms with E-state index in [4.69, 9.17) is 5.73 Å². The second-order valence-corrected chi connectivity index (χ2v) is 5.95. The number of piperidine rings is 1. The number of halogens is 1. The van der Waals surface area contributed by atoms with Crippen molar-refractivity contribution in [1.82, 2.24) is 20.9 Å². The Labute approximate surface area is 142 Å². The average molecular weight is 348 g/mol. The molecule has 2 fully saturated rings. The van der Waals surface area contributed by atoms with Gasteiger partial charge in [0.1, 0.15) is 0 Å². The molecule has 9 heteroatoms. The first-order valence-electron chi connectivity index (χ1n) is 7.89. The molecular formula is C14H26ClN5O3. The first kappa shape index (κ1) is 19.7. The van der Waals surface area contributed by atoms with Crippen LogP contribution in [0.15, 0.2) is 0 Å². The van der Waals surface area contributed by atoms with E-state index >= 15 is 0 Å². The molecule has 1 aliphatic heterocycles. The third-order valence-electron chi connectivity index (χ3n) is 3.85. The molecule has 1 saturated carbocycles. The van der Waals surface area contributed by atoms with Crippen molar-refractivity contribution in [3.8, 4) is 0 Å². The van der Waals surface area contributed by atoms with Gasteiger partial charge in [0.2, 0.25) is 11.8 Å². The molecule has 0 aromatic heterocycles. The van der Waals surface area contributed by atoms with E-state index in [1.165, 1.54) is 0 Å². The zero-order chi connectivity index (χ0) is 15.9. The highest BCUT2D eigenvalue weighted by atomic mass is 35.5. The van der Waals surface area contributed by atoms with E-state index in [2.05, 4.69) is 16.0 Å². The second kappa shape index (κ2) is 9.69. The van der Waals surface area contributed by atoms with Crippen molar-refractivity contribution in [2.24, 2.45) is 11.7 Å². The Morgan fingerprint density at radius 3 is 2.57 bits per heavy atom. The van der Waals surface area contributed by atoms with Gasteiger partial charge >= 0.3 is 6.03 Å². The van der Waals surface area contributed by atoms with Gasteiger partial charge in [-0.3, -0.25) is 19.8 Å². The number of carbonyl (C=O) groups excluding carboxylic acids is 3. The Balaban J connectivity index is 0.00000264. The van der Waals surface area contributed by atoms with Gasteiger partial charge in [-0.15, -0.1) is 12.4 Å². The van der Waals surface area contributed by atoms with Gasteiger partial charge in [0.15, 0.2) is 0 Å². The first-order chi connectivity index (χ1) is 10.6. The Bertz CT molecular complexity index is 431. The molecule has 23 heavy (non-hydrogen) atoms. The van der Waals surface area contributed by atoms with Crippen LogP contribution in [-0.2, 0) is 9.59 Å². The van der Waals surface area contributed by atoms with Gasteiger partial charge in [-0.25, -0.2) is 4.79 Å². The van der Waals surface area contributed by atoms with E-state index < -0.39 is 6.03 Å². The van der Waals surface area contributed by atoms with E-state index in [1.807, 2.05) is 4.90 Å². The van der Waals surface area contributed by atoms with Gasteiger partial charge < -0.3 is 16.4 Å². The number of likely N-dealkylation sites (tertiary alicyclic amines) is 1. The number of hydrogen-bond donors (Lipinski definition) is 4. The summed E-state index contributed by atoms with van der Waals surface area (Å²) < 4.78 is 0. The number of amides is 4.